The van der Waals surface area contributed by atoms with Crippen LogP contribution in [0.2, 0.25) is 5.02 Å². The molecule has 0 radical (unpaired) electrons. The van der Waals surface area contributed by atoms with E-state index in [1.165, 1.54) is 12.1 Å². The van der Waals surface area contributed by atoms with Crippen molar-refractivity contribution in [2.24, 2.45) is 0 Å². The summed E-state index contributed by atoms with van der Waals surface area (Å²) in [5.74, 6) is -2.28. The second-order valence-electron chi connectivity index (χ2n) is 5.25. The number of rotatable bonds is 6. The van der Waals surface area contributed by atoms with Gasteiger partial charge >= 0.3 is 12.0 Å². The molecule has 0 atom stereocenters. The molecule has 2 aromatic carbocycles. The van der Waals surface area contributed by atoms with E-state index in [0.717, 1.165) is 11.6 Å². The average molecular weight is 379 g/mol. The molecule has 2 N–H and O–H groups in total. The Morgan fingerprint density at radius 2 is 1.77 bits per heavy atom. The quantitative estimate of drug-likeness (QED) is 0.757. The standard InChI is InChI=1S/C18H16ClFN2O4/c19-14-7-4-8-15(20)13(14)9-17(24)26-11-16(23)22-18(25)21-10-12-5-2-1-3-6-12/h1-8H,9-11H2,(H2,21,22,23,25). The Morgan fingerprint density at radius 3 is 2.46 bits per heavy atom. The first-order valence-electron chi connectivity index (χ1n) is 7.66. The number of halogens is 2. The van der Waals surface area contributed by atoms with Crippen molar-refractivity contribution in [1.82, 2.24) is 10.6 Å². The lowest BCUT2D eigenvalue weighted by Crippen LogP contribution is -2.41. The van der Waals surface area contributed by atoms with E-state index in [1.807, 2.05) is 35.6 Å². The molecular weight excluding hydrogens is 363 g/mol. The van der Waals surface area contributed by atoms with E-state index in [2.05, 4.69) is 5.32 Å². The zero-order valence-electron chi connectivity index (χ0n) is 13.6. The lowest BCUT2D eigenvalue weighted by Gasteiger charge is -2.08. The lowest BCUT2D eigenvalue weighted by molar-refractivity contribution is -0.147. The Kier molecular flexibility index (Phi) is 7.11. The van der Waals surface area contributed by atoms with Crippen molar-refractivity contribution in [1.29, 1.82) is 0 Å². The molecule has 0 bridgehead atoms. The first-order chi connectivity index (χ1) is 12.5. The third-order valence-corrected chi connectivity index (χ3v) is 3.65. The zero-order chi connectivity index (χ0) is 18.9. The van der Waals surface area contributed by atoms with E-state index in [4.69, 9.17) is 16.3 Å². The maximum atomic E-state index is 13.6. The molecule has 0 spiro atoms. The van der Waals surface area contributed by atoms with Crippen LogP contribution in [0.1, 0.15) is 11.1 Å². The van der Waals surface area contributed by atoms with Crippen molar-refractivity contribution in [3.63, 3.8) is 0 Å². The molecule has 0 saturated heterocycles. The summed E-state index contributed by atoms with van der Waals surface area (Å²) in [7, 11) is 0. The fraction of sp³-hybridized carbons (Fsp3) is 0.167. The van der Waals surface area contributed by atoms with Crippen molar-refractivity contribution in [3.05, 3.63) is 70.5 Å². The molecule has 0 heterocycles. The van der Waals surface area contributed by atoms with Gasteiger partial charge in [-0.2, -0.15) is 0 Å². The van der Waals surface area contributed by atoms with E-state index in [-0.39, 0.29) is 17.1 Å². The molecule has 0 aliphatic carbocycles. The maximum Gasteiger partial charge on any atom is 0.321 e. The van der Waals surface area contributed by atoms with E-state index in [1.54, 1.807) is 0 Å². The first kappa shape index (κ1) is 19.4. The summed E-state index contributed by atoms with van der Waals surface area (Å²) < 4.78 is 18.3. The number of hydrogen-bond donors (Lipinski definition) is 2. The molecule has 0 fully saturated rings. The van der Waals surface area contributed by atoms with Gasteiger partial charge in [-0.1, -0.05) is 48.0 Å². The molecule has 0 aromatic heterocycles. The van der Waals surface area contributed by atoms with Gasteiger partial charge in [0.05, 0.1) is 6.42 Å². The van der Waals surface area contributed by atoms with Crippen LogP contribution in [-0.2, 0) is 27.3 Å². The Labute approximate surface area is 154 Å². The van der Waals surface area contributed by atoms with Gasteiger partial charge in [-0.15, -0.1) is 0 Å². The van der Waals surface area contributed by atoms with Crippen molar-refractivity contribution in [2.45, 2.75) is 13.0 Å². The Hall–Kier alpha value is -2.93. The predicted molar refractivity (Wildman–Crippen MR) is 92.9 cm³/mol. The summed E-state index contributed by atoms with van der Waals surface area (Å²) in [5, 5.41) is 4.61. The van der Waals surface area contributed by atoms with Gasteiger partial charge in [0.1, 0.15) is 5.82 Å². The lowest BCUT2D eigenvalue weighted by atomic mass is 10.1. The second kappa shape index (κ2) is 9.53. The topological polar surface area (TPSA) is 84.5 Å². The van der Waals surface area contributed by atoms with Gasteiger partial charge in [0, 0.05) is 17.1 Å². The highest BCUT2D eigenvalue weighted by Gasteiger charge is 2.15. The second-order valence-corrected chi connectivity index (χ2v) is 5.66. The minimum absolute atomic E-state index is 0.0137. The summed E-state index contributed by atoms with van der Waals surface area (Å²) in [6, 6.07) is 12.4. The number of imide groups is 1. The number of esters is 1. The number of carbonyl (C=O) groups is 3. The first-order valence-corrected chi connectivity index (χ1v) is 8.03. The molecule has 0 aliphatic heterocycles. The van der Waals surface area contributed by atoms with E-state index in [0.29, 0.717) is 0 Å². The van der Waals surface area contributed by atoms with Crippen molar-refractivity contribution in [2.75, 3.05) is 6.61 Å². The molecule has 0 saturated carbocycles. The highest BCUT2D eigenvalue weighted by molar-refractivity contribution is 6.31. The van der Waals surface area contributed by atoms with Crippen molar-refractivity contribution < 1.29 is 23.5 Å². The largest absolute Gasteiger partial charge is 0.455 e. The summed E-state index contributed by atoms with van der Waals surface area (Å²) >= 11 is 5.81. The van der Waals surface area contributed by atoms with Crippen LogP contribution in [0, 0.1) is 5.82 Å². The number of hydrogen-bond acceptors (Lipinski definition) is 4. The molecule has 6 nitrogen and oxygen atoms in total. The fourth-order valence-corrected chi connectivity index (χ4v) is 2.26. The van der Waals surface area contributed by atoms with Crippen LogP contribution in [0.4, 0.5) is 9.18 Å². The predicted octanol–water partition coefficient (Wildman–Crippen LogP) is 2.59. The van der Waals surface area contributed by atoms with Gasteiger partial charge in [-0.25, -0.2) is 9.18 Å². The summed E-state index contributed by atoms with van der Waals surface area (Å²) in [6.07, 6.45) is -0.418. The van der Waals surface area contributed by atoms with Gasteiger partial charge in [-0.05, 0) is 17.7 Å². The summed E-state index contributed by atoms with van der Waals surface area (Å²) in [6.45, 7) is -0.421. The van der Waals surface area contributed by atoms with Gasteiger partial charge in [-0.3, -0.25) is 14.9 Å². The highest BCUT2D eigenvalue weighted by Crippen LogP contribution is 2.19. The molecule has 2 rings (SSSR count). The van der Waals surface area contributed by atoms with E-state index >= 15 is 0 Å². The molecule has 0 unspecified atom stereocenters. The number of benzene rings is 2. The SMILES string of the molecule is O=C(COC(=O)Cc1c(F)cccc1Cl)NC(=O)NCc1ccccc1. The van der Waals surface area contributed by atoms with E-state index < -0.39 is 36.8 Å². The Bertz CT molecular complexity index is 779. The molecule has 3 amide bonds. The monoisotopic (exact) mass is 378 g/mol. The van der Waals surface area contributed by atoms with Crippen LogP contribution in [0.25, 0.3) is 0 Å². The van der Waals surface area contributed by atoms with Gasteiger partial charge in [0.2, 0.25) is 0 Å². The van der Waals surface area contributed by atoms with E-state index in [9.17, 15) is 18.8 Å². The van der Waals surface area contributed by atoms with Gasteiger partial charge in [0.25, 0.3) is 5.91 Å². The molecule has 136 valence electrons. The van der Waals surface area contributed by atoms with Crippen LogP contribution < -0.4 is 10.6 Å². The summed E-state index contributed by atoms with van der Waals surface area (Å²) in [4.78, 5) is 34.9. The van der Waals surface area contributed by atoms with Crippen LogP contribution in [0.5, 0.6) is 0 Å². The van der Waals surface area contributed by atoms with Crippen LogP contribution in [0.15, 0.2) is 48.5 Å². The number of carbonyl (C=O) groups excluding carboxylic acids is 3. The molecule has 26 heavy (non-hydrogen) atoms. The molecule has 8 heteroatoms. The average Bonchev–Trinajstić information content (AvgIpc) is 2.62. The summed E-state index contributed by atoms with van der Waals surface area (Å²) in [5.41, 5.74) is 0.850. The van der Waals surface area contributed by atoms with Gasteiger partial charge < -0.3 is 10.1 Å². The molecular formula is C18H16ClFN2O4. The Balaban J connectivity index is 1.72. The minimum Gasteiger partial charge on any atom is -0.455 e. The van der Waals surface area contributed by atoms with Crippen molar-refractivity contribution in [3.8, 4) is 0 Å². The maximum absolute atomic E-state index is 13.6. The zero-order valence-corrected chi connectivity index (χ0v) is 14.4. The van der Waals surface area contributed by atoms with Gasteiger partial charge in [0.15, 0.2) is 6.61 Å². The third-order valence-electron chi connectivity index (χ3n) is 3.30. The van der Waals surface area contributed by atoms with Crippen LogP contribution in [0.3, 0.4) is 0 Å². The number of ether oxygens (including phenoxy) is 1. The molecule has 2 aromatic rings. The van der Waals surface area contributed by atoms with Crippen LogP contribution in [-0.4, -0.2) is 24.5 Å². The number of nitrogens with one attached hydrogen (secondary N) is 2. The molecule has 0 aliphatic rings. The third kappa shape index (κ3) is 6.18. The Morgan fingerprint density at radius 1 is 1.04 bits per heavy atom. The van der Waals surface area contributed by atoms with Crippen molar-refractivity contribution >= 4 is 29.5 Å². The minimum atomic E-state index is -0.836. The van der Waals surface area contributed by atoms with Crippen LogP contribution >= 0.6 is 11.6 Å². The smallest absolute Gasteiger partial charge is 0.321 e. The fourth-order valence-electron chi connectivity index (χ4n) is 2.03. The highest BCUT2D eigenvalue weighted by atomic mass is 35.5. The number of urea groups is 1. The normalized spacial score (nSPS) is 10.1. The number of amides is 3.